The van der Waals surface area contributed by atoms with E-state index in [1.807, 2.05) is 32.0 Å². The Morgan fingerprint density at radius 2 is 1.65 bits per heavy atom. The largest absolute Gasteiger partial charge is 0.412 e. The van der Waals surface area contributed by atoms with E-state index < -0.39 is 6.09 Å². The summed E-state index contributed by atoms with van der Waals surface area (Å²) in [4.78, 5) is 14.5. The Morgan fingerprint density at radius 3 is 2.31 bits per heavy atom. The highest BCUT2D eigenvalue weighted by molar-refractivity contribution is 5.71. The highest BCUT2D eigenvalue weighted by atomic mass is 16.6. The van der Waals surface area contributed by atoms with Gasteiger partial charge in [-0.15, -0.1) is 0 Å². The molecule has 1 heterocycles. The summed E-state index contributed by atoms with van der Waals surface area (Å²) >= 11 is 0. The molecule has 1 amide bonds. The summed E-state index contributed by atoms with van der Waals surface area (Å²) in [6.07, 6.45) is -0.431. The molecular weight excluding hydrogens is 328 g/mol. The normalized spacial score (nSPS) is 14.8. The van der Waals surface area contributed by atoms with Crippen LogP contribution in [-0.2, 0) is 17.8 Å². The number of rotatable bonds is 5. The van der Waals surface area contributed by atoms with E-state index in [0.29, 0.717) is 12.3 Å². The molecule has 0 aromatic heterocycles. The molecule has 0 aliphatic carbocycles. The Labute approximate surface area is 154 Å². The number of ether oxygens (including phenoxy) is 2. The maximum absolute atomic E-state index is 12.1. The van der Waals surface area contributed by atoms with Gasteiger partial charge in [-0.3, -0.25) is 4.90 Å². The van der Waals surface area contributed by atoms with Gasteiger partial charge in [0.2, 0.25) is 0 Å². The molecule has 0 bridgehead atoms. The van der Waals surface area contributed by atoms with Gasteiger partial charge in [0.1, 0.15) is 5.75 Å². The molecule has 2 aromatic carbocycles. The van der Waals surface area contributed by atoms with Crippen LogP contribution < -0.4 is 10.1 Å². The first-order valence-electron chi connectivity index (χ1n) is 9.01. The highest BCUT2D eigenvalue weighted by Crippen LogP contribution is 2.22. The van der Waals surface area contributed by atoms with Gasteiger partial charge in [-0.05, 0) is 36.1 Å². The summed E-state index contributed by atoms with van der Waals surface area (Å²) in [5, 5.41) is 2.81. The van der Waals surface area contributed by atoms with Gasteiger partial charge in [-0.25, -0.2) is 4.79 Å². The second-order valence-electron chi connectivity index (χ2n) is 6.67. The maximum Gasteiger partial charge on any atom is 0.412 e. The highest BCUT2D eigenvalue weighted by Gasteiger charge is 2.11. The summed E-state index contributed by atoms with van der Waals surface area (Å²) in [6.45, 7) is 8.83. The number of nitrogens with zero attached hydrogens (tertiary/aromatic N) is 1. The third kappa shape index (κ3) is 5.07. The minimum Gasteiger partial charge on any atom is -0.410 e. The quantitative estimate of drug-likeness (QED) is 0.894. The van der Waals surface area contributed by atoms with E-state index in [1.54, 1.807) is 0 Å². The summed E-state index contributed by atoms with van der Waals surface area (Å²) in [6, 6.07) is 14.1. The number of benzene rings is 2. The first kappa shape index (κ1) is 18.4. The molecule has 0 saturated carbocycles. The number of amides is 1. The zero-order chi connectivity index (χ0) is 18.4. The lowest BCUT2D eigenvalue weighted by atomic mass is 10.1. The Balaban J connectivity index is 1.49. The van der Waals surface area contributed by atoms with Crippen molar-refractivity contribution in [3.05, 3.63) is 64.7 Å². The molecule has 1 N–H and O–H groups in total. The monoisotopic (exact) mass is 354 g/mol. The Hall–Kier alpha value is -2.37. The van der Waals surface area contributed by atoms with Gasteiger partial charge in [-0.2, -0.15) is 0 Å². The fourth-order valence-electron chi connectivity index (χ4n) is 3.04. The molecular formula is C21H26N2O3. The third-order valence-electron chi connectivity index (χ3n) is 4.57. The molecule has 0 spiro atoms. The first-order chi connectivity index (χ1) is 12.6. The Morgan fingerprint density at radius 1 is 1.04 bits per heavy atom. The molecule has 3 rings (SSSR count). The molecule has 138 valence electrons. The summed E-state index contributed by atoms with van der Waals surface area (Å²) < 4.78 is 10.8. The van der Waals surface area contributed by atoms with Crippen molar-refractivity contribution in [2.45, 2.75) is 26.9 Å². The Kier molecular flexibility index (Phi) is 6.26. The molecule has 26 heavy (non-hydrogen) atoms. The number of nitrogens with one attached hydrogen (secondary N) is 1. The predicted molar refractivity (Wildman–Crippen MR) is 101 cm³/mol. The molecule has 5 heteroatoms. The van der Waals surface area contributed by atoms with Crippen molar-refractivity contribution < 1.29 is 14.3 Å². The van der Waals surface area contributed by atoms with Gasteiger partial charge in [0, 0.05) is 26.2 Å². The molecule has 0 atom stereocenters. The standard InChI is InChI=1S/C21H26N2O3/c1-16-4-3-5-17(2)20(16)26-21(24)22-14-18-6-8-19(9-7-18)15-23-10-12-25-13-11-23/h3-9H,10-15H2,1-2H3,(H,22,24). The number of carbonyl (C=O) groups is 1. The van der Waals surface area contributed by atoms with E-state index in [9.17, 15) is 4.79 Å². The molecule has 5 nitrogen and oxygen atoms in total. The minimum absolute atomic E-state index is 0.431. The molecule has 0 unspecified atom stereocenters. The average molecular weight is 354 g/mol. The van der Waals surface area contributed by atoms with Crippen LogP contribution in [0.3, 0.4) is 0 Å². The number of aryl methyl sites for hydroxylation is 2. The number of hydrogen-bond acceptors (Lipinski definition) is 4. The van der Waals surface area contributed by atoms with Crippen LogP contribution in [0.4, 0.5) is 4.79 Å². The van der Waals surface area contributed by atoms with E-state index in [1.165, 1.54) is 5.56 Å². The summed E-state index contributed by atoms with van der Waals surface area (Å²) in [7, 11) is 0. The van der Waals surface area contributed by atoms with Crippen LogP contribution in [0, 0.1) is 13.8 Å². The smallest absolute Gasteiger partial charge is 0.410 e. The number of carbonyl (C=O) groups excluding carboxylic acids is 1. The van der Waals surface area contributed by atoms with Crippen molar-refractivity contribution in [3.8, 4) is 5.75 Å². The lowest BCUT2D eigenvalue weighted by molar-refractivity contribution is 0.0342. The Bertz CT molecular complexity index is 717. The van der Waals surface area contributed by atoms with Gasteiger partial charge < -0.3 is 14.8 Å². The average Bonchev–Trinajstić information content (AvgIpc) is 2.65. The minimum atomic E-state index is -0.431. The second kappa shape index (κ2) is 8.83. The van der Waals surface area contributed by atoms with E-state index in [-0.39, 0.29) is 0 Å². The molecule has 1 fully saturated rings. The fraction of sp³-hybridized carbons (Fsp3) is 0.381. The second-order valence-corrected chi connectivity index (χ2v) is 6.67. The van der Waals surface area contributed by atoms with Crippen LogP contribution in [-0.4, -0.2) is 37.3 Å². The van der Waals surface area contributed by atoms with Gasteiger partial charge in [0.15, 0.2) is 0 Å². The van der Waals surface area contributed by atoms with Gasteiger partial charge >= 0.3 is 6.09 Å². The molecule has 1 aliphatic rings. The number of para-hydroxylation sites is 1. The van der Waals surface area contributed by atoms with Crippen LogP contribution in [0.5, 0.6) is 5.75 Å². The zero-order valence-corrected chi connectivity index (χ0v) is 15.5. The zero-order valence-electron chi connectivity index (χ0n) is 15.5. The van der Waals surface area contributed by atoms with Crippen molar-refractivity contribution in [2.24, 2.45) is 0 Å². The third-order valence-corrected chi connectivity index (χ3v) is 4.57. The SMILES string of the molecule is Cc1cccc(C)c1OC(=O)NCc1ccc(CN2CCOCC2)cc1. The van der Waals surface area contributed by atoms with Crippen molar-refractivity contribution in [1.29, 1.82) is 0 Å². The van der Waals surface area contributed by atoms with E-state index in [4.69, 9.17) is 9.47 Å². The van der Waals surface area contributed by atoms with Crippen molar-refractivity contribution in [1.82, 2.24) is 10.2 Å². The number of hydrogen-bond donors (Lipinski definition) is 1. The van der Waals surface area contributed by atoms with Crippen molar-refractivity contribution in [3.63, 3.8) is 0 Å². The fourth-order valence-corrected chi connectivity index (χ4v) is 3.04. The molecule has 1 aliphatic heterocycles. The molecule has 0 radical (unpaired) electrons. The van der Waals surface area contributed by atoms with E-state index >= 15 is 0 Å². The number of morpholine rings is 1. The van der Waals surface area contributed by atoms with Gasteiger partial charge in [-0.1, -0.05) is 42.5 Å². The van der Waals surface area contributed by atoms with Crippen LogP contribution in [0.1, 0.15) is 22.3 Å². The van der Waals surface area contributed by atoms with Crippen LogP contribution >= 0.6 is 0 Å². The van der Waals surface area contributed by atoms with Gasteiger partial charge in [0.25, 0.3) is 0 Å². The van der Waals surface area contributed by atoms with Crippen LogP contribution in [0.15, 0.2) is 42.5 Å². The summed E-state index contributed by atoms with van der Waals surface area (Å²) in [5.74, 6) is 0.630. The summed E-state index contributed by atoms with van der Waals surface area (Å²) in [5.41, 5.74) is 4.23. The van der Waals surface area contributed by atoms with E-state index in [0.717, 1.165) is 49.5 Å². The van der Waals surface area contributed by atoms with Crippen LogP contribution in [0.25, 0.3) is 0 Å². The lowest BCUT2D eigenvalue weighted by Crippen LogP contribution is -2.35. The lowest BCUT2D eigenvalue weighted by Gasteiger charge is -2.26. The molecule has 2 aromatic rings. The van der Waals surface area contributed by atoms with Crippen LogP contribution in [0.2, 0.25) is 0 Å². The maximum atomic E-state index is 12.1. The predicted octanol–water partition coefficient (Wildman–Crippen LogP) is 3.42. The first-order valence-corrected chi connectivity index (χ1v) is 9.01. The van der Waals surface area contributed by atoms with E-state index in [2.05, 4.69) is 34.5 Å². The van der Waals surface area contributed by atoms with Crippen molar-refractivity contribution >= 4 is 6.09 Å². The van der Waals surface area contributed by atoms with Crippen molar-refractivity contribution in [2.75, 3.05) is 26.3 Å². The topological polar surface area (TPSA) is 50.8 Å². The molecule has 1 saturated heterocycles. The van der Waals surface area contributed by atoms with Gasteiger partial charge in [0.05, 0.1) is 13.2 Å².